The van der Waals surface area contributed by atoms with E-state index in [4.69, 9.17) is 4.84 Å². The van der Waals surface area contributed by atoms with E-state index in [0.29, 0.717) is 31.7 Å². The van der Waals surface area contributed by atoms with Gasteiger partial charge in [-0.05, 0) is 42.3 Å². The summed E-state index contributed by atoms with van der Waals surface area (Å²) in [4.78, 5) is 21.8. The van der Waals surface area contributed by atoms with Gasteiger partial charge in [-0.3, -0.25) is 14.5 Å². The monoisotopic (exact) mass is 435 g/mol. The lowest BCUT2D eigenvalue weighted by atomic mass is 10.2. The summed E-state index contributed by atoms with van der Waals surface area (Å²) in [6.07, 6.45) is 0.803. The molecule has 1 heterocycles. The van der Waals surface area contributed by atoms with Crippen molar-refractivity contribution in [3.05, 3.63) is 65.5 Å². The zero-order valence-corrected chi connectivity index (χ0v) is 17.9. The number of rotatable bonds is 6. The van der Waals surface area contributed by atoms with Crippen LogP contribution in [-0.4, -0.2) is 68.9 Å². The second-order valence-electron chi connectivity index (χ2n) is 7.17. The fourth-order valence-electron chi connectivity index (χ4n) is 3.40. The minimum absolute atomic E-state index is 0.00505. The summed E-state index contributed by atoms with van der Waals surface area (Å²) in [6, 6.07) is 12.4. The van der Waals surface area contributed by atoms with E-state index in [-0.39, 0.29) is 16.6 Å². The summed E-state index contributed by atoms with van der Waals surface area (Å²) < 4.78 is 38.8. The Labute approximate surface area is 176 Å². The highest BCUT2D eigenvalue weighted by molar-refractivity contribution is 7.89. The lowest BCUT2D eigenvalue weighted by Gasteiger charge is -2.22. The SMILES string of the molecule is CON(C)S(=O)(=O)c1cccc(C(=O)N2CCCN(Cc3ccc(F)cc3)CC2)c1. The molecule has 0 bridgehead atoms. The molecule has 1 fully saturated rings. The van der Waals surface area contributed by atoms with E-state index in [1.807, 2.05) is 0 Å². The molecule has 9 heteroatoms. The van der Waals surface area contributed by atoms with Gasteiger partial charge in [0.1, 0.15) is 5.82 Å². The van der Waals surface area contributed by atoms with E-state index >= 15 is 0 Å². The molecular weight excluding hydrogens is 409 g/mol. The van der Waals surface area contributed by atoms with Gasteiger partial charge in [0.2, 0.25) is 0 Å². The molecule has 0 radical (unpaired) electrons. The first-order valence-corrected chi connectivity index (χ1v) is 11.1. The molecule has 0 N–H and O–H groups in total. The molecule has 2 aromatic rings. The molecule has 0 aliphatic carbocycles. The first kappa shape index (κ1) is 22.4. The third kappa shape index (κ3) is 5.23. The predicted molar refractivity (Wildman–Crippen MR) is 111 cm³/mol. The van der Waals surface area contributed by atoms with E-state index in [9.17, 15) is 17.6 Å². The molecule has 30 heavy (non-hydrogen) atoms. The number of hydrogen-bond acceptors (Lipinski definition) is 5. The van der Waals surface area contributed by atoms with Crippen LogP contribution in [0, 0.1) is 5.82 Å². The molecule has 1 amide bonds. The van der Waals surface area contributed by atoms with Crippen LogP contribution in [0.15, 0.2) is 53.4 Å². The zero-order valence-electron chi connectivity index (χ0n) is 17.1. The molecule has 1 aliphatic heterocycles. The summed E-state index contributed by atoms with van der Waals surface area (Å²) in [5.41, 5.74) is 1.35. The molecule has 0 unspecified atom stereocenters. The van der Waals surface area contributed by atoms with E-state index in [1.54, 1.807) is 29.2 Å². The van der Waals surface area contributed by atoms with E-state index in [0.717, 1.165) is 23.0 Å². The average molecular weight is 436 g/mol. The lowest BCUT2D eigenvalue weighted by Crippen LogP contribution is -2.35. The molecule has 2 aromatic carbocycles. The maximum atomic E-state index is 13.1. The van der Waals surface area contributed by atoms with Gasteiger partial charge in [-0.2, -0.15) is 0 Å². The van der Waals surface area contributed by atoms with Crippen molar-refractivity contribution in [1.29, 1.82) is 0 Å². The highest BCUT2D eigenvalue weighted by atomic mass is 32.2. The number of benzene rings is 2. The second-order valence-corrected chi connectivity index (χ2v) is 9.11. The van der Waals surface area contributed by atoms with Crippen molar-refractivity contribution in [3.8, 4) is 0 Å². The Morgan fingerprint density at radius 2 is 1.83 bits per heavy atom. The molecule has 1 saturated heterocycles. The number of hydroxylamine groups is 1. The zero-order chi connectivity index (χ0) is 21.7. The van der Waals surface area contributed by atoms with Gasteiger partial charge in [0.25, 0.3) is 15.9 Å². The van der Waals surface area contributed by atoms with Gasteiger partial charge in [0.15, 0.2) is 0 Å². The van der Waals surface area contributed by atoms with Crippen LogP contribution in [0.25, 0.3) is 0 Å². The third-order valence-electron chi connectivity index (χ3n) is 5.17. The normalized spacial score (nSPS) is 15.9. The highest BCUT2D eigenvalue weighted by Crippen LogP contribution is 2.18. The van der Waals surface area contributed by atoms with Gasteiger partial charge < -0.3 is 4.90 Å². The number of nitrogens with zero attached hydrogens (tertiary/aromatic N) is 3. The van der Waals surface area contributed by atoms with Crippen LogP contribution < -0.4 is 0 Å². The van der Waals surface area contributed by atoms with Crippen molar-refractivity contribution in [2.24, 2.45) is 0 Å². The van der Waals surface area contributed by atoms with Crippen LogP contribution in [0.3, 0.4) is 0 Å². The number of sulfonamides is 1. The first-order valence-electron chi connectivity index (χ1n) is 9.70. The Balaban J connectivity index is 1.67. The number of carbonyl (C=O) groups is 1. The summed E-state index contributed by atoms with van der Waals surface area (Å²) >= 11 is 0. The highest BCUT2D eigenvalue weighted by Gasteiger charge is 2.24. The quantitative estimate of drug-likeness (QED) is 0.652. The van der Waals surface area contributed by atoms with Crippen molar-refractivity contribution in [2.45, 2.75) is 17.9 Å². The molecule has 0 spiro atoms. The van der Waals surface area contributed by atoms with E-state index in [1.165, 1.54) is 38.4 Å². The topological polar surface area (TPSA) is 70.2 Å². The van der Waals surface area contributed by atoms with Crippen molar-refractivity contribution in [1.82, 2.24) is 14.3 Å². The van der Waals surface area contributed by atoms with Crippen LogP contribution in [0.2, 0.25) is 0 Å². The molecule has 0 saturated carbocycles. The van der Waals surface area contributed by atoms with Gasteiger partial charge in [0, 0.05) is 45.3 Å². The van der Waals surface area contributed by atoms with Crippen molar-refractivity contribution in [2.75, 3.05) is 40.3 Å². The van der Waals surface area contributed by atoms with Crippen LogP contribution in [0.1, 0.15) is 22.3 Å². The maximum Gasteiger partial charge on any atom is 0.264 e. The lowest BCUT2D eigenvalue weighted by molar-refractivity contribution is -0.0258. The van der Waals surface area contributed by atoms with Crippen LogP contribution in [-0.2, 0) is 21.4 Å². The van der Waals surface area contributed by atoms with Gasteiger partial charge in [-0.1, -0.05) is 22.7 Å². The Hall–Kier alpha value is -2.33. The molecule has 7 nitrogen and oxygen atoms in total. The summed E-state index contributed by atoms with van der Waals surface area (Å²) in [5, 5.41) is 0. The van der Waals surface area contributed by atoms with E-state index < -0.39 is 10.0 Å². The standard InChI is InChI=1S/C21H26FN3O4S/c1-23(29-2)30(27,28)20-6-3-5-18(15-20)21(26)25-12-4-11-24(13-14-25)16-17-7-9-19(22)10-8-17/h3,5-10,15H,4,11-14,16H2,1-2H3. The maximum absolute atomic E-state index is 13.1. The van der Waals surface area contributed by atoms with Crippen molar-refractivity contribution < 1.29 is 22.4 Å². The Kier molecular flexibility index (Phi) is 7.19. The number of halogens is 1. The van der Waals surface area contributed by atoms with Crippen LogP contribution >= 0.6 is 0 Å². The van der Waals surface area contributed by atoms with Crippen molar-refractivity contribution >= 4 is 15.9 Å². The average Bonchev–Trinajstić information content (AvgIpc) is 2.99. The smallest absolute Gasteiger partial charge is 0.264 e. The Bertz CT molecular complexity index is 982. The molecule has 0 atom stereocenters. The predicted octanol–water partition coefficient (Wildman–Crippen LogP) is 2.36. The number of hydrogen-bond donors (Lipinski definition) is 0. The van der Waals surface area contributed by atoms with Crippen LogP contribution in [0.4, 0.5) is 4.39 Å². The largest absolute Gasteiger partial charge is 0.337 e. The molecule has 1 aliphatic rings. The molecule has 3 rings (SSSR count). The van der Waals surface area contributed by atoms with Gasteiger partial charge >= 0.3 is 0 Å². The minimum Gasteiger partial charge on any atom is -0.337 e. The molecule has 0 aromatic heterocycles. The third-order valence-corrected chi connectivity index (χ3v) is 6.85. The number of amides is 1. The number of carbonyl (C=O) groups excluding carboxylic acids is 1. The van der Waals surface area contributed by atoms with Gasteiger partial charge in [-0.25, -0.2) is 12.8 Å². The van der Waals surface area contributed by atoms with Gasteiger partial charge in [-0.15, -0.1) is 0 Å². The van der Waals surface area contributed by atoms with Gasteiger partial charge in [0.05, 0.1) is 12.0 Å². The first-order chi connectivity index (χ1) is 14.3. The van der Waals surface area contributed by atoms with Crippen molar-refractivity contribution in [3.63, 3.8) is 0 Å². The fourth-order valence-corrected chi connectivity index (χ4v) is 4.42. The minimum atomic E-state index is -3.82. The summed E-state index contributed by atoms with van der Waals surface area (Å²) in [6.45, 7) is 3.34. The summed E-state index contributed by atoms with van der Waals surface area (Å²) in [5.74, 6) is -0.455. The second kappa shape index (κ2) is 9.65. The summed E-state index contributed by atoms with van der Waals surface area (Å²) in [7, 11) is -1.26. The fraction of sp³-hybridized carbons (Fsp3) is 0.381. The Morgan fingerprint density at radius 1 is 1.10 bits per heavy atom. The van der Waals surface area contributed by atoms with Crippen LogP contribution in [0.5, 0.6) is 0 Å². The Morgan fingerprint density at radius 3 is 2.53 bits per heavy atom. The molecular formula is C21H26FN3O4S. The van der Waals surface area contributed by atoms with E-state index in [2.05, 4.69) is 4.90 Å². The molecule has 162 valence electrons.